The van der Waals surface area contributed by atoms with Gasteiger partial charge in [-0.3, -0.25) is 0 Å². The second kappa shape index (κ2) is 6.46. The quantitative estimate of drug-likeness (QED) is 0.622. The molecule has 0 heterocycles. The van der Waals surface area contributed by atoms with Crippen molar-refractivity contribution in [1.82, 2.24) is 5.32 Å². The van der Waals surface area contributed by atoms with Gasteiger partial charge in [-0.15, -0.1) is 11.8 Å². The average molecular weight is 251 g/mol. The molecular weight excluding hydrogens is 226 g/mol. The Morgan fingerprint density at radius 1 is 1.18 bits per heavy atom. The SMILES string of the molecule is Cc1ccc(C)c(SCCCNC(C)(C)C)c1. The molecule has 0 radical (unpaired) electrons. The molecule has 0 aliphatic heterocycles. The van der Waals surface area contributed by atoms with Crippen molar-refractivity contribution in [2.45, 2.75) is 51.5 Å². The van der Waals surface area contributed by atoms with Gasteiger partial charge < -0.3 is 5.32 Å². The molecule has 96 valence electrons. The van der Waals surface area contributed by atoms with Gasteiger partial charge in [-0.05, 0) is 65.0 Å². The maximum Gasteiger partial charge on any atom is 0.0104 e. The Bertz CT molecular complexity index is 352. The number of benzene rings is 1. The molecule has 0 fully saturated rings. The number of thioether (sulfide) groups is 1. The highest BCUT2D eigenvalue weighted by molar-refractivity contribution is 7.99. The van der Waals surface area contributed by atoms with Gasteiger partial charge in [0, 0.05) is 10.4 Å². The molecule has 1 nitrogen and oxygen atoms in total. The molecular formula is C15H25NS. The number of rotatable bonds is 5. The average Bonchev–Trinajstić information content (AvgIpc) is 2.21. The zero-order valence-corrected chi connectivity index (χ0v) is 12.6. The van der Waals surface area contributed by atoms with E-state index in [0.717, 1.165) is 6.54 Å². The second-order valence-electron chi connectivity index (χ2n) is 5.65. The van der Waals surface area contributed by atoms with Crippen LogP contribution in [0.25, 0.3) is 0 Å². The van der Waals surface area contributed by atoms with E-state index in [4.69, 9.17) is 0 Å². The first kappa shape index (κ1) is 14.6. The molecule has 0 saturated carbocycles. The summed E-state index contributed by atoms with van der Waals surface area (Å²) in [4.78, 5) is 1.43. The maximum atomic E-state index is 3.52. The predicted molar refractivity (Wildman–Crippen MR) is 79.0 cm³/mol. The number of hydrogen-bond acceptors (Lipinski definition) is 2. The number of hydrogen-bond donors (Lipinski definition) is 1. The summed E-state index contributed by atoms with van der Waals surface area (Å²) in [5.41, 5.74) is 2.99. The first-order valence-electron chi connectivity index (χ1n) is 6.33. The van der Waals surface area contributed by atoms with E-state index < -0.39 is 0 Å². The largest absolute Gasteiger partial charge is 0.312 e. The van der Waals surface area contributed by atoms with Crippen molar-refractivity contribution in [3.8, 4) is 0 Å². The molecule has 1 aromatic rings. The lowest BCUT2D eigenvalue weighted by atomic mass is 10.1. The van der Waals surface area contributed by atoms with Gasteiger partial charge in [-0.25, -0.2) is 0 Å². The van der Waals surface area contributed by atoms with Gasteiger partial charge in [-0.2, -0.15) is 0 Å². The standard InChI is InChI=1S/C15H25NS/c1-12-7-8-13(2)14(11-12)17-10-6-9-16-15(3,4)5/h7-8,11,16H,6,9-10H2,1-5H3. The van der Waals surface area contributed by atoms with Crippen molar-refractivity contribution in [3.05, 3.63) is 29.3 Å². The molecule has 0 amide bonds. The van der Waals surface area contributed by atoms with Crippen LogP contribution in [0.3, 0.4) is 0 Å². The second-order valence-corrected chi connectivity index (χ2v) is 6.78. The van der Waals surface area contributed by atoms with Crippen molar-refractivity contribution in [2.24, 2.45) is 0 Å². The highest BCUT2D eigenvalue weighted by Crippen LogP contribution is 2.23. The van der Waals surface area contributed by atoms with Gasteiger partial charge in [0.05, 0.1) is 0 Å². The minimum Gasteiger partial charge on any atom is -0.312 e. The van der Waals surface area contributed by atoms with Crippen LogP contribution >= 0.6 is 11.8 Å². The third kappa shape index (κ3) is 6.13. The maximum absolute atomic E-state index is 3.52. The Balaban J connectivity index is 2.29. The van der Waals surface area contributed by atoms with Crippen LogP contribution in [0.15, 0.2) is 23.1 Å². The van der Waals surface area contributed by atoms with Crippen LogP contribution in [0, 0.1) is 13.8 Å². The van der Waals surface area contributed by atoms with E-state index in [0.29, 0.717) is 0 Å². The van der Waals surface area contributed by atoms with E-state index in [1.807, 2.05) is 11.8 Å². The van der Waals surface area contributed by atoms with E-state index in [-0.39, 0.29) is 5.54 Å². The molecule has 1 rings (SSSR count). The van der Waals surface area contributed by atoms with Crippen LogP contribution < -0.4 is 5.32 Å². The fraction of sp³-hybridized carbons (Fsp3) is 0.600. The van der Waals surface area contributed by atoms with E-state index in [2.05, 4.69) is 58.1 Å². The molecule has 1 N–H and O–H groups in total. The zero-order chi connectivity index (χ0) is 12.9. The summed E-state index contributed by atoms with van der Waals surface area (Å²) in [5.74, 6) is 1.19. The molecule has 2 heteroatoms. The van der Waals surface area contributed by atoms with Gasteiger partial charge in [0.1, 0.15) is 0 Å². The Kier molecular flexibility index (Phi) is 5.54. The lowest BCUT2D eigenvalue weighted by molar-refractivity contribution is 0.427. The Morgan fingerprint density at radius 2 is 1.88 bits per heavy atom. The zero-order valence-electron chi connectivity index (χ0n) is 11.8. The minimum absolute atomic E-state index is 0.240. The van der Waals surface area contributed by atoms with Crippen molar-refractivity contribution in [3.63, 3.8) is 0 Å². The van der Waals surface area contributed by atoms with Crippen molar-refractivity contribution in [2.75, 3.05) is 12.3 Å². The van der Waals surface area contributed by atoms with Crippen molar-refractivity contribution in [1.29, 1.82) is 0 Å². The molecule has 0 unspecified atom stereocenters. The summed E-state index contributed by atoms with van der Waals surface area (Å²) < 4.78 is 0. The van der Waals surface area contributed by atoms with Crippen LogP contribution in [-0.4, -0.2) is 17.8 Å². The first-order chi connectivity index (χ1) is 7.88. The third-order valence-electron chi connectivity index (χ3n) is 2.58. The summed E-state index contributed by atoms with van der Waals surface area (Å²) in [6.45, 7) is 12.1. The molecule has 1 aromatic carbocycles. The highest BCUT2D eigenvalue weighted by Gasteiger charge is 2.07. The van der Waals surface area contributed by atoms with Gasteiger partial charge in [0.2, 0.25) is 0 Å². The van der Waals surface area contributed by atoms with Crippen molar-refractivity contribution >= 4 is 11.8 Å². The van der Waals surface area contributed by atoms with E-state index in [9.17, 15) is 0 Å². The van der Waals surface area contributed by atoms with Crippen LogP contribution in [0.1, 0.15) is 38.3 Å². The molecule has 0 saturated heterocycles. The van der Waals surface area contributed by atoms with E-state index in [1.54, 1.807) is 0 Å². The summed E-state index contributed by atoms with van der Waals surface area (Å²) >= 11 is 1.97. The molecule has 0 aliphatic rings. The Labute approximate surface area is 110 Å². The van der Waals surface area contributed by atoms with Crippen LogP contribution in [0.2, 0.25) is 0 Å². The smallest absolute Gasteiger partial charge is 0.0104 e. The topological polar surface area (TPSA) is 12.0 Å². The third-order valence-corrected chi connectivity index (χ3v) is 3.82. The van der Waals surface area contributed by atoms with E-state index >= 15 is 0 Å². The molecule has 0 aliphatic carbocycles. The monoisotopic (exact) mass is 251 g/mol. The molecule has 0 spiro atoms. The molecule has 0 atom stereocenters. The summed E-state index contributed by atoms with van der Waals surface area (Å²) in [6.07, 6.45) is 1.22. The fourth-order valence-electron chi connectivity index (χ4n) is 1.58. The van der Waals surface area contributed by atoms with Gasteiger partial charge in [0.15, 0.2) is 0 Å². The lowest BCUT2D eigenvalue weighted by Gasteiger charge is -2.20. The lowest BCUT2D eigenvalue weighted by Crippen LogP contribution is -2.36. The summed E-state index contributed by atoms with van der Waals surface area (Å²) in [6, 6.07) is 6.68. The number of aryl methyl sites for hydroxylation is 2. The van der Waals surface area contributed by atoms with Crippen LogP contribution in [-0.2, 0) is 0 Å². The molecule has 17 heavy (non-hydrogen) atoms. The summed E-state index contributed by atoms with van der Waals surface area (Å²) in [7, 11) is 0. The highest BCUT2D eigenvalue weighted by atomic mass is 32.2. The van der Waals surface area contributed by atoms with Gasteiger partial charge in [0.25, 0.3) is 0 Å². The summed E-state index contributed by atoms with van der Waals surface area (Å²) in [5, 5.41) is 3.52. The number of nitrogens with one attached hydrogen (secondary N) is 1. The first-order valence-corrected chi connectivity index (χ1v) is 7.32. The minimum atomic E-state index is 0.240. The Morgan fingerprint density at radius 3 is 2.53 bits per heavy atom. The van der Waals surface area contributed by atoms with Crippen molar-refractivity contribution < 1.29 is 0 Å². The van der Waals surface area contributed by atoms with Crippen LogP contribution in [0.5, 0.6) is 0 Å². The van der Waals surface area contributed by atoms with Crippen LogP contribution in [0.4, 0.5) is 0 Å². The Hall–Kier alpha value is -0.470. The fourth-order valence-corrected chi connectivity index (χ4v) is 2.65. The van der Waals surface area contributed by atoms with Gasteiger partial charge in [-0.1, -0.05) is 17.7 Å². The van der Waals surface area contributed by atoms with Gasteiger partial charge >= 0.3 is 0 Å². The molecule has 0 aromatic heterocycles. The van der Waals surface area contributed by atoms with E-state index in [1.165, 1.54) is 28.2 Å². The normalized spacial score (nSPS) is 11.8. The molecule has 0 bridgehead atoms. The predicted octanol–water partition coefficient (Wildman–Crippen LogP) is 4.17.